The van der Waals surface area contributed by atoms with Crippen molar-refractivity contribution in [3.8, 4) is 0 Å². The molecule has 1 atom stereocenters. The van der Waals surface area contributed by atoms with Crippen molar-refractivity contribution in [2.45, 2.75) is 6.10 Å². The molecular weight excluding hydrogens is 302 g/mol. The Labute approximate surface area is 133 Å². The molecule has 1 fully saturated rings. The summed E-state index contributed by atoms with van der Waals surface area (Å²) in [6, 6.07) is 3.54. The number of rotatable bonds is 4. The number of aryl methyl sites for hydroxylation is 1. The molecular formula is C16H20F2N4O. The summed E-state index contributed by atoms with van der Waals surface area (Å²) in [5.41, 5.74) is 1.49. The first-order valence-corrected chi connectivity index (χ1v) is 7.62. The van der Waals surface area contributed by atoms with E-state index in [1.807, 2.05) is 19.4 Å². The summed E-state index contributed by atoms with van der Waals surface area (Å²) in [5.74, 6) is -1.83. The van der Waals surface area contributed by atoms with Gasteiger partial charge in [-0.05, 0) is 17.7 Å². The van der Waals surface area contributed by atoms with Crippen LogP contribution in [-0.2, 0) is 7.05 Å². The zero-order valence-electron chi connectivity index (χ0n) is 13.0. The van der Waals surface area contributed by atoms with E-state index >= 15 is 0 Å². The second-order valence-corrected chi connectivity index (χ2v) is 5.85. The van der Waals surface area contributed by atoms with Crippen LogP contribution in [0.4, 0.5) is 14.5 Å². The Morgan fingerprint density at radius 3 is 2.52 bits per heavy atom. The van der Waals surface area contributed by atoms with Crippen molar-refractivity contribution in [3.05, 3.63) is 47.8 Å². The first-order valence-electron chi connectivity index (χ1n) is 7.62. The SMILES string of the molecule is Cn1cc(N2CCN(CC(O)c3ccc(F)c(F)c3)CC2)cn1. The molecule has 0 radical (unpaired) electrons. The van der Waals surface area contributed by atoms with Gasteiger partial charge in [0.15, 0.2) is 11.6 Å². The Hall–Kier alpha value is -1.99. The highest BCUT2D eigenvalue weighted by Crippen LogP contribution is 2.20. The summed E-state index contributed by atoms with van der Waals surface area (Å²) in [5, 5.41) is 14.4. The van der Waals surface area contributed by atoms with Gasteiger partial charge in [0.1, 0.15) is 0 Å². The molecule has 0 aliphatic carbocycles. The van der Waals surface area contributed by atoms with Crippen LogP contribution in [0.25, 0.3) is 0 Å². The van der Waals surface area contributed by atoms with Crippen molar-refractivity contribution >= 4 is 5.69 Å². The molecule has 1 aromatic carbocycles. The Morgan fingerprint density at radius 2 is 1.91 bits per heavy atom. The lowest BCUT2D eigenvalue weighted by atomic mass is 10.1. The minimum absolute atomic E-state index is 0.401. The van der Waals surface area contributed by atoms with Crippen molar-refractivity contribution in [1.82, 2.24) is 14.7 Å². The molecule has 1 aromatic heterocycles. The van der Waals surface area contributed by atoms with E-state index in [0.717, 1.165) is 44.0 Å². The Morgan fingerprint density at radius 1 is 1.17 bits per heavy atom. The number of aliphatic hydroxyl groups excluding tert-OH is 1. The van der Waals surface area contributed by atoms with Gasteiger partial charge in [-0.2, -0.15) is 5.10 Å². The second kappa shape index (κ2) is 6.64. The zero-order valence-corrected chi connectivity index (χ0v) is 13.0. The summed E-state index contributed by atoms with van der Waals surface area (Å²) < 4.78 is 28.0. The van der Waals surface area contributed by atoms with Crippen LogP contribution >= 0.6 is 0 Å². The molecule has 1 unspecified atom stereocenters. The van der Waals surface area contributed by atoms with Crippen molar-refractivity contribution < 1.29 is 13.9 Å². The monoisotopic (exact) mass is 322 g/mol. The van der Waals surface area contributed by atoms with E-state index in [1.165, 1.54) is 6.07 Å². The Kier molecular flexibility index (Phi) is 4.58. The van der Waals surface area contributed by atoms with E-state index < -0.39 is 17.7 Å². The van der Waals surface area contributed by atoms with Gasteiger partial charge in [-0.3, -0.25) is 9.58 Å². The van der Waals surface area contributed by atoms with Crippen molar-refractivity contribution in [1.29, 1.82) is 0 Å². The molecule has 0 bridgehead atoms. The fraction of sp³-hybridized carbons (Fsp3) is 0.438. The average molecular weight is 322 g/mol. The van der Waals surface area contributed by atoms with Crippen LogP contribution in [0.15, 0.2) is 30.6 Å². The van der Waals surface area contributed by atoms with Crippen molar-refractivity contribution in [2.24, 2.45) is 7.05 Å². The van der Waals surface area contributed by atoms with Crippen LogP contribution < -0.4 is 4.90 Å². The molecule has 2 heterocycles. The highest BCUT2D eigenvalue weighted by Gasteiger charge is 2.21. The predicted molar refractivity (Wildman–Crippen MR) is 83.2 cm³/mol. The van der Waals surface area contributed by atoms with Gasteiger partial charge < -0.3 is 10.0 Å². The first kappa shape index (κ1) is 15.9. The van der Waals surface area contributed by atoms with Crippen LogP contribution in [0.1, 0.15) is 11.7 Å². The lowest BCUT2D eigenvalue weighted by Crippen LogP contribution is -2.47. The molecule has 1 N–H and O–H groups in total. The number of aromatic nitrogens is 2. The summed E-state index contributed by atoms with van der Waals surface area (Å²) in [6.45, 7) is 3.70. The molecule has 3 rings (SSSR count). The third-order valence-electron chi connectivity index (χ3n) is 4.19. The number of piperazine rings is 1. The van der Waals surface area contributed by atoms with E-state index in [0.29, 0.717) is 12.1 Å². The molecule has 5 nitrogen and oxygen atoms in total. The fourth-order valence-corrected chi connectivity index (χ4v) is 2.83. The number of anilines is 1. The topological polar surface area (TPSA) is 44.5 Å². The van der Waals surface area contributed by atoms with Gasteiger partial charge in [0.2, 0.25) is 0 Å². The van der Waals surface area contributed by atoms with Gasteiger partial charge in [-0.15, -0.1) is 0 Å². The van der Waals surface area contributed by atoms with Crippen LogP contribution in [0.5, 0.6) is 0 Å². The highest BCUT2D eigenvalue weighted by molar-refractivity contribution is 5.42. The lowest BCUT2D eigenvalue weighted by Gasteiger charge is -2.36. The number of hydrogen-bond acceptors (Lipinski definition) is 4. The largest absolute Gasteiger partial charge is 0.387 e. The van der Waals surface area contributed by atoms with Crippen LogP contribution in [-0.4, -0.2) is 52.5 Å². The minimum Gasteiger partial charge on any atom is -0.387 e. The van der Waals surface area contributed by atoms with E-state index in [9.17, 15) is 13.9 Å². The maximum atomic E-state index is 13.2. The van der Waals surface area contributed by atoms with Gasteiger partial charge in [0.25, 0.3) is 0 Å². The summed E-state index contributed by atoms with van der Waals surface area (Å²) >= 11 is 0. The van der Waals surface area contributed by atoms with Gasteiger partial charge in [0.05, 0.1) is 18.0 Å². The molecule has 1 aliphatic rings. The van der Waals surface area contributed by atoms with Crippen molar-refractivity contribution in [2.75, 3.05) is 37.6 Å². The number of aliphatic hydroxyl groups is 1. The van der Waals surface area contributed by atoms with Crippen LogP contribution in [0, 0.1) is 11.6 Å². The smallest absolute Gasteiger partial charge is 0.159 e. The molecule has 0 amide bonds. The van der Waals surface area contributed by atoms with E-state index in [1.54, 1.807) is 4.68 Å². The number of β-amino-alcohol motifs (C(OH)–C–C–N with tert-alkyl or cyclic N) is 1. The average Bonchev–Trinajstić information content (AvgIpc) is 2.97. The Bertz CT molecular complexity index is 668. The van der Waals surface area contributed by atoms with Gasteiger partial charge in [-0.25, -0.2) is 8.78 Å². The van der Waals surface area contributed by atoms with Crippen molar-refractivity contribution in [3.63, 3.8) is 0 Å². The molecule has 7 heteroatoms. The summed E-state index contributed by atoms with van der Waals surface area (Å²) in [7, 11) is 1.89. The zero-order chi connectivity index (χ0) is 16.4. The number of benzene rings is 1. The normalized spacial score (nSPS) is 17.5. The molecule has 2 aromatic rings. The Balaban J connectivity index is 1.54. The molecule has 0 spiro atoms. The quantitative estimate of drug-likeness (QED) is 0.928. The summed E-state index contributed by atoms with van der Waals surface area (Å²) in [4.78, 5) is 4.37. The third-order valence-corrected chi connectivity index (χ3v) is 4.19. The molecule has 1 saturated heterocycles. The molecule has 124 valence electrons. The van der Waals surface area contributed by atoms with Crippen LogP contribution in [0.3, 0.4) is 0 Å². The van der Waals surface area contributed by atoms with E-state index in [2.05, 4.69) is 14.9 Å². The number of halogens is 2. The molecule has 23 heavy (non-hydrogen) atoms. The molecule has 1 aliphatic heterocycles. The lowest BCUT2D eigenvalue weighted by molar-refractivity contribution is 0.109. The van der Waals surface area contributed by atoms with E-state index in [4.69, 9.17) is 0 Å². The first-order chi connectivity index (χ1) is 11.0. The third kappa shape index (κ3) is 3.68. The number of hydrogen-bond donors (Lipinski definition) is 1. The van der Waals surface area contributed by atoms with E-state index in [-0.39, 0.29) is 0 Å². The maximum Gasteiger partial charge on any atom is 0.159 e. The number of nitrogens with zero attached hydrogens (tertiary/aromatic N) is 4. The molecule has 0 saturated carbocycles. The van der Waals surface area contributed by atoms with Crippen LogP contribution in [0.2, 0.25) is 0 Å². The minimum atomic E-state index is -0.928. The van der Waals surface area contributed by atoms with Gasteiger partial charge >= 0.3 is 0 Å². The predicted octanol–water partition coefficient (Wildman–Crippen LogP) is 1.55. The summed E-state index contributed by atoms with van der Waals surface area (Å²) in [6.07, 6.45) is 2.99. The second-order valence-electron chi connectivity index (χ2n) is 5.85. The standard InChI is InChI=1S/C16H20F2N4O/c1-20-10-13(9-19-20)22-6-4-21(5-7-22)11-16(23)12-2-3-14(17)15(18)8-12/h2-3,8-10,16,23H,4-7,11H2,1H3. The van der Waals surface area contributed by atoms with Gasteiger partial charge in [0, 0.05) is 46.0 Å². The van der Waals surface area contributed by atoms with Gasteiger partial charge in [-0.1, -0.05) is 6.07 Å². The fourth-order valence-electron chi connectivity index (χ4n) is 2.83. The highest BCUT2D eigenvalue weighted by atomic mass is 19.2. The maximum absolute atomic E-state index is 13.2.